The van der Waals surface area contributed by atoms with Gasteiger partial charge < -0.3 is 20.5 Å². The van der Waals surface area contributed by atoms with Crippen LogP contribution in [0.15, 0.2) is 48.8 Å². The third kappa shape index (κ3) is 7.62. The Balaban J connectivity index is 2.58. The van der Waals surface area contributed by atoms with Crippen molar-refractivity contribution in [3.05, 3.63) is 48.8 Å². The van der Waals surface area contributed by atoms with Gasteiger partial charge >= 0.3 is 0 Å². The van der Waals surface area contributed by atoms with E-state index in [0.29, 0.717) is 26.0 Å². The van der Waals surface area contributed by atoms with Gasteiger partial charge in [-0.1, -0.05) is 18.7 Å². The maximum absolute atomic E-state index is 11.7. The molecule has 0 heterocycles. The SMILES string of the molecule is C=CC[C@H](OC1=C[C@@H](CNC(=O)C[C@@H](C)N)CC=C1)C(=C)COC. The first-order valence-electron chi connectivity index (χ1n) is 8.31. The highest BCUT2D eigenvalue weighted by Crippen LogP contribution is 2.22. The van der Waals surface area contributed by atoms with Gasteiger partial charge in [-0.2, -0.15) is 0 Å². The summed E-state index contributed by atoms with van der Waals surface area (Å²) in [6.07, 6.45) is 9.59. The van der Waals surface area contributed by atoms with Crippen LogP contribution in [0.1, 0.15) is 26.2 Å². The zero-order chi connectivity index (χ0) is 17.9. The second-order valence-corrected chi connectivity index (χ2v) is 6.17. The number of carbonyl (C=O) groups excluding carboxylic acids is 1. The molecule has 0 fully saturated rings. The molecule has 5 heteroatoms. The fourth-order valence-corrected chi connectivity index (χ4v) is 2.44. The van der Waals surface area contributed by atoms with Crippen LogP contribution in [0.3, 0.4) is 0 Å². The number of ether oxygens (including phenoxy) is 2. The predicted octanol–water partition coefficient (Wildman–Crippen LogP) is 2.46. The Labute approximate surface area is 145 Å². The molecule has 0 aromatic rings. The highest BCUT2D eigenvalue weighted by molar-refractivity contribution is 5.76. The fraction of sp³-hybridized carbons (Fsp3) is 0.526. The number of nitrogens with two attached hydrogens (primary N) is 1. The van der Waals surface area contributed by atoms with E-state index in [0.717, 1.165) is 17.8 Å². The van der Waals surface area contributed by atoms with Crippen LogP contribution in [0.25, 0.3) is 0 Å². The zero-order valence-electron chi connectivity index (χ0n) is 14.8. The van der Waals surface area contributed by atoms with Crippen LogP contribution in [-0.2, 0) is 14.3 Å². The summed E-state index contributed by atoms with van der Waals surface area (Å²) in [4.78, 5) is 11.7. The van der Waals surface area contributed by atoms with E-state index < -0.39 is 0 Å². The second-order valence-electron chi connectivity index (χ2n) is 6.17. The van der Waals surface area contributed by atoms with Crippen molar-refractivity contribution in [1.82, 2.24) is 5.32 Å². The van der Waals surface area contributed by atoms with Crippen molar-refractivity contribution in [3.63, 3.8) is 0 Å². The summed E-state index contributed by atoms with van der Waals surface area (Å²) >= 11 is 0. The summed E-state index contributed by atoms with van der Waals surface area (Å²) in [5.41, 5.74) is 6.50. The van der Waals surface area contributed by atoms with Crippen molar-refractivity contribution in [2.45, 2.75) is 38.3 Å². The van der Waals surface area contributed by atoms with Gasteiger partial charge in [0.25, 0.3) is 0 Å². The Hall–Kier alpha value is -1.85. The van der Waals surface area contributed by atoms with Crippen molar-refractivity contribution in [1.29, 1.82) is 0 Å². The number of hydrogen-bond acceptors (Lipinski definition) is 4. The molecule has 0 spiro atoms. The molecule has 0 aliphatic heterocycles. The summed E-state index contributed by atoms with van der Waals surface area (Å²) in [6, 6.07) is -0.128. The molecule has 1 amide bonds. The largest absolute Gasteiger partial charge is 0.486 e. The van der Waals surface area contributed by atoms with E-state index in [1.807, 2.05) is 25.2 Å². The van der Waals surface area contributed by atoms with Crippen molar-refractivity contribution in [2.75, 3.05) is 20.3 Å². The molecular weight excluding hydrogens is 304 g/mol. The maximum atomic E-state index is 11.7. The third-order valence-corrected chi connectivity index (χ3v) is 3.63. The number of rotatable bonds is 11. The van der Waals surface area contributed by atoms with Gasteiger partial charge in [0, 0.05) is 38.5 Å². The van der Waals surface area contributed by atoms with Crippen LogP contribution in [0, 0.1) is 5.92 Å². The molecule has 3 atom stereocenters. The van der Waals surface area contributed by atoms with Crippen LogP contribution in [0.2, 0.25) is 0 Å². The molecule has 0 bridgehead atoms. The molecule has 0 saturated carbocycles. The van der Waals surface area contributed by atoms with Crippen LogP contribution in [-0.4, -0.2) is 38.3 Å². The first-order chi connectivity index (χ1) is 11.5. The summed E-state index contributed by atoms with van der Waals surface area (Å²) in [5, 5.41) is 2.92. The molecule has 134 valence electrons. The molecule has 1 aliphatic carbocycles. The van der Waals surface area contributed by atoms with Gasteiger partial charge in [-0.15, -0.1) is 6.58 Å². The summed E-state index contributed by atoms with van der Waals surface area (Å²) < 4.78 is 11.2. The van der Waals surface area contributed by atoms with Gasteiger partial charge in [-0.05, 0) is 31.1 Å². The Morgan fingerprint density at radius 1 is 1.58 bits per heavy atom. The van der Waals surface area contributed by atoms with E-state index in [4.69, 9.17) is 15.2 Å². The smallest absolute Gasteiger partial charge is 0.221 e. The zero-order valence-corrected chi connectivity index (χ0v) is 14.8. The minimum Gasteiger partial charge on any atom is -0.486 e. The van der Waals surface area contributed by atoms with Crippen LogP contribution in [0.5, 0.6) is 0 Å². The van der Waals surface area contributed by atoms with Crippen molar-refractivity contribution < 1.29 is 14.3 Å². The first-order valence-corrected chi connectivity index (χ1v) is 8.31. The topological polar surface area (TPSA) is 73.6 Å². The van der Waals surface area contributed by atoms with E-state index in [9.17, 15) is 4.79 Å². The van der Waals surface area contributed by atoms with Crippen LogP contribution in [0.4, 0.5) is 0 Å². The molecule has 0 aromatic carbocycles. The van der Waals surface area contributed by atoms with Crippen molar-refractivity contribution >= 4 is 5.91 Å². The highest BCUT2D eigenvalue weighted by atomic mass is 16.5. The summed E-state index contributed by atoms with van der Waals surface area (Å²) in [6.45, 7) is 10.6. The molecule has 5 nitrogen and oxygen atoms in total. The number of amides is 1. The average Bonchev–Trinajstić information content (AvgIpc) is 2.52. The van der Waals surface area contributed by atoms with Crippen LogP contribution >= 0.6 is 0 Å². The van der Waals surface area contributed by atoms with Crippen molar-refractivity contribution in [2.24, 2.45) is 11.7 Å². The standard InChI is InChI=1S/C19H30N2O3/c1-5-7-18(14(2)13-23-4)24-17-9-6-8-16(11-17)12-21-19(22)10-15(3)20/h5-6,9,11,15-16,18H,1-2,7-8,10,12-13,20H2,3-4H3,(H,21,22)/t15-,16+,18+/m1/s1. The van der Waals surface area contributed by atoms with Crippen molar-refractivity contribution in [3.8, 4) is 0 Å². The lowest BCUT2D eigenvalue weighted by Crippen LogP contribution is -2.33. The quantitative estimate of drug-likeness (QED) is 0.569. The molecule has 0 radical (unpaired) electrons. The fourth-order valence-electron chi connectivity index (χ4n) is 2.44. The maximum Gasteiger partial charge on any atom is 0.221 e. The summed E-state index contributed by atoms with van der Waals surface area (Å²) in [7, 11) is 1.64. The lowest BCUT2D eigenvalue weighted by atomic mass is 9.99. The van der Waals surface area contributed by atoms with Gasteiger partial charge in [0.15, 0.2) is 0 Å². The van der Waals surface area contributed by atoms with E-state index >= 15 is 0 Å². The molecule has 0 aromatic heterocycles. The van der Waals surface area contributed by atoms with Gasteiger partial charge in [-0.3, -0.25) is 4.79 Å². The van der Waals surface area contributed by atoms with E-state index in [1.165, 1.54) is 0 Å². The molecule has 1 rings (SSSR count). The lowest BCUT2D eigenvalue weighted by Gasteiger charge is -2.24. The first kappa shape index (κ1) is 20.2. The van der Waals surface area contributed by atoms with E-state index in [1.54, 1.807) is 7.11 Å². The number of allylic oxidation sites excluding steroid dienone is 2. The lowest BCUT2D eigenvalue weighted by molar-refractivity contribution is -0.121. The number of hydrogen-bond donors (Lipinski definition) is 2. The average molecular weight is 334 g/mol. The normalized spacial score (nSPS) is 19.1. The molecular formula is C19H30N2O3. The van der Waals surface area contributed by atoms with Gasteiger partial charge in [-0.25, -0.2) is 0 Å². The Bertz CT molecular complexity index is 495. The van der Waals surface area contributed by atoms with Gasteiger partial charge in [0.1, 0.15) is 11.9 Å². The van der Waals surface area contributed by atoms with Crippen LogP contribution < -0.4 is 11.1 Å². The molecule has 24 heavy (non-hydrogen) atoms. The minimum atomic E-state index is -0.162. The van der Waals surface area contributed by atoms with E-state index in [-0.39, 0.29) is 24.0 Å². The molecule has 3 N–H and O–H groups in total. The monoisotopic (exact) mass is 334 g/mol. The summed E-state index contributed by atoms with van der Waals surface area (Å²) in [5.74, 6) is 0.979. The molecule has 1 aliphatic rings. The number of carbonyl (C=O) groups is 1. The Morgan fingerprint density at radius 2 is 2.33 bits per heavy atom. The number of nitrogens with one attached hydrogen (secondary N) is 1. The highest BCUT2D eigenvalue weighted by Gasteiger charge is 2.17. The third-order valence-electron chi connectivity index (χ3n) is 3.63. The predicted molar refractivity (Wildman–Crippen MR) is 97.3 cm³/mol. The number of methoxy groups -OCH3 is 1. The molecule has 0 saturated heterocycles. The minimum absolute atomic E-state index is 0.0200. The van der Waals surface area contributed by atoms with Gasteiger partial charge in [0.2, 0.25) is 5.91 Å². The second kappa shape index (κ2) is 10.8. The van der Waals surface area contributed by atoms with Gasteiger partial charge in [0.05, 0.1) is 6.61 Å². The Kier molecular flexibility index (Phi) is 9.12. The van der Waals surface area contributed by atoms with E-state index in [2.05, 4.69) is 24.6 Å². The molecule has 0 unspecified atom stereocenters. The Morgan fingerprint density at radius 3 is 2.96 bits per heavy atom.